The SMILES string of the molecule is CCCCCC(CCCCC)NCCc1ccccc1. The predicted molar refractivity (Wildman–Crippen MR) is 90.2 cm³/mol. The second-order valence-electron chi connectivity index (χ2n) is 5.88. The normalized spacial score (nSPS) is 11.2. The fourth-order valence-electron chi connectivity index (χ4n) is 2.70. The first kappa shape index (κ1) is 17.2. The molecule has 0 aliphatic heterocycles. The summed E-state index contributed by atoms with van der Waals surface area (Å²) in [6.45, 7) is 5.69. The van der Waals surface area contributed by atoms with Crippen molar-refractivity contribution in [3.05, 3.63) is 35.9 Å². The highest BCUT2D eigenvalue weighted by atomic mass is 14.9. The number of hydrogen-bond acceptors (Lipinski definition) is 1. The van der Waals surface area contributed by atoms with Crippen molar-refractivity contribution in [1.29, 1.82) is 0 Å². The largest absolute Gasteiger partial charge is 0.314 e. The van der Waals surface area contributed by atoms with Gasteiger partial charge in [-0.2, -0.15) is 0 Å². The highest BCUT2D eigenvalue weighted by molar-refractivity contribution is 5.14. The van der Waals surface area contributed by atoms with Crippen LogP contribution in [0.4, 0.5) is 0 Å². The molecule has 0 aromatic heterocycles. The van der Waals surface area contributed by atoms with Crippen LogP contribution in [0, 0.1) is 0 Å². The molecule has 0 aliphatic rings. The van der Waals surface area contributed by atoms with Crippen molar-refractivity contribution in [2.75, 3.05) is 6.54 Å². The van der Waals surface area contributed by atoms with Gasteiger partial charge in [-0.15, -0.1) is 0 Å². The Bertz CT molecular complexity index is 297. The Morgan fingerprint density at radius 1 is 0.850 bits per heavy atom. The maximum absolute atomic E-state index is 3.79. The Hall–Kier alpha value is -0.820. The molecule has 1 heteroatoms. The molecule has 0 saturated carbocycles. The molecule has 0 aliphatic carbocycles. The fourth-order valence-corrected chi connectivity index (χ4v) is 2.70. The summed E-state index contributed by atoms with van der Waals surface area (Å²) in [5.41, 5.74) is 1.45. The van der Waals surface area contributed by atoms with Gasteiger partial charge >= 0.3 is 0 Å². The zero-order valence-corrected chi connectivity index (χ0v) is 13.5. The Kier molecular flexibility index (Phi) is 10.3. The van der Waals surface area contributed by atoms with Gasteiger partial charge in [0.1, 0.15) is 0 Å². The average molecular weight is 275 g/mol. The van der Waals surface area contributed by atoms with Crippen molar-refractivity contribution in [2.24, 2.45) is 0 Å². The van der Waals surface area contributed by atoms with Gasteiger partial charge in [-0.1, -0.05) is 82.7 Å². The molecule has 0 radical (unpaired) electrons. The second-order valence-corrected chi connectivity index (χ2v) is 5.88. The number of unbranched alkanes of at least 4 members (excludes halogenated alkanes) is 4. The van der Waals surface area contributed by atoms with E-state index in [2.05, 4.69) is 49.5 Å². The van der Waals surface area contributed by atoms with Crippen molar-refractivity contribution >= 4 is 0 Å². The van der Waals surface area contributed by atoms with Crippen molar-refractivity contribution in [2.45, 2.75) is 77.7 Å². The lowest BCUT2D eigenvalue weighted by Gasteiger charge is -2.18. The van der Waals surface area contributed by atoms with E-state index >= 15 is 0 Å². The summed E-state index contributed by atoms with van der Waals surface area (Å²) in [5, 5.41) is 3.79. The number of hydrogen-bond donors (Lipinski definition) is 1. The van der Waals surface area contributed by atoms with E-state index in [1.165, 1.54) is 56.9 Å². The quantitative estimate of drug-likeness (QED) is 0.507. The first-order valence-corrected chi connectivity index (χ1v) is 8.64. The van der Waals surface area contributed by atoms with Gasteiger partial charge in [0.2, 0.25) is 0 Å². The van der Waals surface area contributed by atoms with Gasteiger partial charge in [0, 0.05) is 6.04 Å². The van der Waals surface area contributed by atoms with Crippen LogP contribution in [0.2, 0.25) is 0 Å². The summed E-state index contributed by atoms with van der Waals surface area (Å²) in [6, 6.07) is 11.5. The van der Waals surface area contributed by atoms with Crippen molar-refractivity contribution in [3.63, 3.8) is 0 Å². The summed E-state index contributed by atoms with van der Waals surface area (Å²) < 4.78 is 0. The van der Waals surface area contributed by atoms with E-state index in [-0.39, 0.29) is 0 Å². The monoisotopic (exact) mass is 275 g/mol. The van der Waals surface area contributed by atoms with E-state index in [1.54, 1.807) is 0 Å². The van der Waals surface area contributed by atoms with Gasteiger partial charge in [-0.05, 0) is 31.4 Å². The van der Waals surface area contributed by atoms with Crippen LogP contribution in [0.3, 0.4) is 0 Å². The third-order valence-electron chi connectivity index (χ3n) is 4.00. The molecule has 0 heterocycles. The Labute approximate surface area is 126 Å². The highest BCUT2D eigenvalue weighted by Crippen LogP contribution is 2.11. The Balaban J connectivity index is 2.23. The number of benzene rings is 1. The summed E-state index contributed by atoms with van der Waals surface area (Å²) in [6.07, 6.45) is 12.0. The van der Waals surface area contributed by atoms with Crippen LogP contribution in [0.15, 0.2) is 30.3 Å². The summed E-state index contributed by atoms with van der Waals surface area (Å²) in [5.74, 6) is 0. The van der Waals surface area contributed by atoms with Gasteiger partial charge < -0.3 is 5.32 Å². The summed E-state index contributed by atoms with van der Waals surface area (Å²) in [7, 11) is 0. The first-order chi connectivity index (χ1) is 9.86. The Morgan fingerprint density at radius 3 is 2.00 bits per heavy atom. The third-order valence-corrected chi connectivity index (χ3v) is 4.00. The van der Waals surface area contributed by atoms with Crippen LogP contribution in [-0.2, 0) is 6.42 Å². The molecule has 1 aromatic rings. The van der Waals surface area contributed by atoms with Crippen LogP contribution in [0.1, 0.15) is 70.8 Å². The average Bonchev–Trinajstić information content (AvgIpc) is 2.48. The van der Waals surface area contributed by atoms with E-state index in [0.717, 1.165) is 19.0 Å². The molecule has 0 bridgehead atoms. The molecule has 0 amide bonds. The Morgan fingerprint density at radius 2 is 1.45 bits per heavy atom. The van der Waals surface area contributed by atoms with Crippen molar-refractivity contribution in [3.8, 4) is 0 Å². The smallest absolute Gasteiger partial charge is 0.00671 e. The zero-order valence-electron chi connectivity index (χ0n) is 13.5. The van der Waals surface area contributed by atoms with Crippen molar-refractivity contribution in [1.82, 2.24) is 5.32 Å². The molecule has 114 valence electrons. The maximum Gasteiger partial charge on any atom is 0.00671 e. The third kappa shape index (κ3) is 8.37. The molecule has 0 atom stereocenters. The fraction of sp³-hybridized carbons (Fsp3) is 0.684. The lowest BCUT2D eigenvalue weighted by atomic mass is 10.0. The molecule has 0 unspecified atom stereocenters. The van der Waals surface area contributed by atoms with Crippen LogP contribution >= 0.6 is 0 Å². The van der Waals surface area contributed by atoms with Crippen LogP contribution in [-0.4, -0.2) is 12.6 Å². The molecule has 20 heavy (non-hydrogen) atoms. The van der Waals surface area contributed by atoms with Crippen LogP contribution < -0.4 is 5.32 Å². The number of rotatable bonds is 12. The predicted octanol–water partition coefficient (Wildman–Crippen LogP) is 5.35. The molecular weight excluding hydrogens is 242 g/mol. The van der Waals surface area contributed by atoms with Crippen LogP contribution in [0.25, 0.3) is 0 Å². The van der Waals surface area contributed by atoms with Gasteiger partial charge in [0.25, 0.3) is 0 Å². The van der Waals surface area contributed by atoms with E-state index in [1.807, 2.05) is 0 Å². The van der Waals surface area contributed by atoms with E-state index in [4.69, 9.17) is 0 Å². The lowest BCUT2D eigenvalue weighted by Crippen LogP contribution is -2.31. The molecule has 0 spiro atoms. The molecular formula is C19H33N. The molecule has 1 nitrogen and oxygen atoms in total. The summed E-state index contributed by atoms with van der Waals surface area (Å²) in [4.78, 5) is 0. The minimum atomic E-state index is 0.733. The first-order valence-electron chi connectivity index (χ1n) is 8.64. The topological polar surface area (TPSA) is 12.0 Å². The van der Waals surface area contributed by atoms with Gasteiger partial charge in [0.15, 0.2) is 0 Å². The lowest BCUT2D eigenvalue weighted by molar-refractivity contribution is 0.421. The van der Waals surface area contributed by atoms with Gasteiger partial charge in [-0.25, -0.2) is 0 Å². The van der Waals surface area contributed by atoms with E-state index < -0.39 is 0 Å². The van der Waals surface area contributed by atoms with Crippen LogP contribution in [0.5, 0.6) is 0 Å². The van der Waals surface area contributed by atoms with E-state index in [9.17, 15) is 0 Å². The highest BCUT2D eigenvalue weighted by Gasteiger charge is 2.07. The molecule has 1 aromatic carbocycles. The minimum Gasteiger partial charge on any atom is -0.314 e. The standard InChI is InChI=1S/C19H33N/c1-3-5-8-14-19(15-9-6-4-2)20-17-16-18-12-10-7-11-13-18/h7,10-13,19-20H,3-6,8-9,14-17H2,1-2H3. The van der Waals surface area contributed by atoms with Crippen molar-refractivity contribution < 1.29 is 0 Å². The molecule has 1 N–H and O–H groups in total. The van der Waals surface area contributed by atoms with E-state index in [0.29, 0.717) is 0 Å². The van der Waals surface area contributed by atoms with Gasteiger partial charge in [-0.3, -0.25) is 0 Å². The summed E-state index contributed by atoms with van der Waals surface area (Å²) >= 11 is 0. The maximum atomic E-state index is 3.79. The minimum absolute atomic E-state index is 0.733. The molecule has 1 rings (SSSR count). The second kappa shape index (κ2) is 12.0. The number of nitrogens with one attached hydrogen (secondary N) is 1. The zero-order chi connectivity index (χ0) is 14.5. The van der Waals surface area contributed by atoms with Gasteiger partial charge in [0.05, 0.1) is 0 Å². The molecule has 0 saturated heterocycles. The molecule has 0 fully saturated rings.